The summed E-state index contributed by atoms with van der Waals surface area (Å²) in [6, 6.07) is 6.78. The van der Waals surface area contributed by atoms with Crippen molar-refractivity contribution in [3.63, 3.8) is 0 Å². The average molecular weight is 559 g/mol. The van der Waals surface area contributed by atoms with Crippen LogP contribution in [-0.2, 0) is 22.3 Å². The van der Waals surface area contributed by atoms with E-state index in [4.69, 9.17) is 9.47 Å². The third kappa shape index (κ3) is 5.93. The maximum absolute atomic E-state index is 13.3. The third-order valence-corrected chi connectivity index (χ3v) is 6.08. The number of imidazole rings is 1. The van der Waals surface area contributed by atoms with Crippen LogP contribution in [0.4, 0.5) is 33.7 Å². The fraction of sp³-hybridized carbons (Fsp3) is 0.240. The van der Waals surface area contributed by atoms with Crippen LogP contribution in [0.5, 0.6) is 5.75 Å². The van der Waals surface area contributed by atoms with Gasteiger partial charge in [0.25, 0.3) is 0 Å². The number of carbonyl (C=O) groups excluding carboxylic acids is 2. The molecule has 2 amide bonds. The molecule has 0 unspecified atom stereocenters. The number of H-pyrrole nitrogens is 1. The molecule has 0 radical (unpaired) electrons. The second-order valence-corrected chi connectivity index (χ2v) is 8.87. The van der Waals surface area contributed by atoms with Crippen LogP contribution in [0.2, 0.25) is 0 Å². The Morgan fingerprint density at radius 3 is 2.67 bits per heavy atom. The van der Waals surface area contributed by atoms with Crippen LogP contribution >= 0.6 is 0 Å². The van der Waals surface area contributed by atoms with Crippen molar-refractivity contribution in [1.29, 1.82) is 0 Å². The predicted octanol–water partition coefficient (Wildman–Crippen LogP) is 3.82. The Kier molecular flexibility index (Phi) is 7.21. The van der Waals surface area contributed by atoms with Crippen LogP contribution < -0.4 is 20.7 Å². The van der Waals surface area contributed by atoms with E-state index in [1.54, 1.807) is 0 Å². The number of hydrogen-bond donors (Lipinski definition) is 4. The second-order valence-electron chi connectivity index (χ2n) is 8.87. The van der Waals surface area contributed by atoms with Gasteiger partial charge < -0.3 is 30.4 Å². The summed E-state index contributed by atoms with van der Waals surface area (Å²) in [6.45, 7) is 0.109. The molecule has 1 aliphatic heterocycles. The van der Waals surface area contributed by atoms with Gasteiger partial charge in [0.1, 0.15) is 16.9 Å². The first-order chi connectivity index (χ1) is 19.1. The van der Waals surface area contributed by atoms with Crippen molar-refractivity contribution in [2.45, 2.75) is 24.7 Å². The average Bonchev–Trinajstić information content (AvgIpc) is 3.58. The molecule has 1 fully saturated rings. The number of aromatic amines is 1. The van der Waals surface area contributed by atoms with E-state index in [2.05, 4.69) is 35.9 Å². The zero-order valence-corrected chi connectivity index (χ0v) is 20.5. The largest absolute Gasteiger partial charge is 0.418 e. The number of fused-ring (bicyclic) bond motifs is 1. The lowest BCUT2D eigenvalue weighted by atomic mass is 9.97. The minimum atomic E-state index is -4.76. The highest BCUT2D eigenvalue weighted by molar-refractivity contribution is 5.91. The Bertz CT molecular complexity index is 1540. The molecule has 1 atom stereocenters. The van der Waals surface area contributed by atoms with E-state index >= 15 is 0 Å². The normalized spacial score (nSPS) is 17.0. The molecule has 0 aliphatic carbocycles. The number of hydrogen-bond acceptors (Lipinski definition) is 8. The summed E-state index contributed by atoms with van der Waals surface area (Å²) in [5.74, 6) is -1.41. The molecule has 0 saturated carbocycles. The number of carbonyl (C=O) groups is 2. The molecule has 1 aromatic carbocycles. The summed E-state index contributed by atoms with van der Waals surface area (Å²) >= 11 is 0. The van der Waals surface area contributed by atoms with Gasteiger partial charge in [-0.2, -0.15) is 13.2 Å². The minimum absolute atomic E-state index is 0.0400. The van der Waals surface area contributed by atoms with Crippen molar-refractivity contribution < 1.29 is 36.6 Å². The van der Waals surface area contributed by atoms with Crippen LogP contribution in [0.3, 0.4) is 0 Å². The first-order valence-electron chi connectivity index (χ1n) is 11.9. The molecular formula is C25H21F4N7O4. The van der Waals surface area contributed by atoms with Gasteiger partial charge in [0.15, 0.2) is 11.4 Å². The quantitative estimate of drug-likeness (QED) is 0.250. The van der Waals surface area contributed by atoms with Gasteiger partial charge in [-0.05, 0) is 30.3 Å². The van der Waals surface area contributed by atoms with Crippen molar-refractivity contribution in [1.82, 2.24) is 30.6 Å². The van der Waals surface area contributed by atoms with E-state index in [0.29, 0.717) is 22.9 Å². The Morgan fingerprint density at radius 1 is 1.10 bits per heavy atom. The SMILES string of the molecule is O=C(N[C@@]1(C(=O)NCc2ccc(Nc3ccc(F)cc3C(F)(F)F)cn2)CCOC1)Oc1cnc2[nH]cnc2c1. The van der Waals surface area contributed by atoms with Gasteiger partial charge in [-0.3, -0.25) is 9.78 Å². The topological polar surface area (TPSA) is 143 Å². The maximum Gasteiger partial charge on any atom is 0.418 e. The molecule has 15 heteroatoms. The van der Waals surface area contributed by atoms with Gasteiger partial charge in [0.05, 0.1) is 54.5 Å². The Balaban J connectivity index is 1.20. The smallest absolute Gasteiger partial charge is 0.409 e. The number of amides is 2. The number of nitrogens with zero attached hydrogens (tertiary/aromatic N) is 3. The molecule has 1 saturated heterocycles. The van der Waals surface area contributed by atoms with Crippen LogP contribution in [0.1, 0.15) is 17.7 Å². The Hall–Kier alpha value is -4.79. The molecule has 4 aromatic rings. The van der Waals surface area contributed by atoms with Crippen molar-refractivity contribution in [3.8, 4) is 5.75 Å². The van der Waals surface area contributed by atoms with E-state index in [1.165, 1.54) is 36.9 Å². The monoisotopic (exact) mass is 559 g/mol. The number of benzene rings is 1. The molecule has 40 heavy (non-hydrogen) atoms. The van der Waals surface area contributed by atoms with Crippen LogP contribution in [0.25, 0.3) is 11.2 Å². The highest BCUT2D eigenvalue weighted by Crippen LogP contribution is 2.36. The minimum Gasteiger partial charge on any atom is -0.409 e. The van der Waals surface area contributed by atoms with E-state index in [-0.39, 0.29) is 43.3 Å². The summed E-state index contributed by atoms with van der Waals surface area (Å²) in [6.07, 6.45) is -1.39. The fourth-order valence-electron chi connectivity index (χ4n) is 4.05. The van der Waals surface area contributed by atoms with Crippen molar-refractivity contribution in [2.24, 2.45) is 0 Å². The van der Waals surface area contributed by atoms with Crippen LogP contribution in [-0.4, -0.2) is 50.7 Å². The summed E-state index contributed by atoms with van der Waals surface area (Å²) in [5.41, 5.74) is -1.25. The predicted molar refractivity (Wildman–Crippen MR) is 132 cm³/mol. The van der Waals surface area contributed by atoms with Gasteiger partial charge in [-0.15, -0.1) is 0 Å². The summed E-state index contributed by atoms with van der Waals surface area (Å²) in [7, 11) is 0. The molecule has 0 bridgehead atoms. The number of pyridine rings is 2. The maximum atomic E-state index is 13.3. The number of alkyl halides is 3. The summed E-state index contributed by atoms with van der Waals surface area (Å²) in [5, 5.41) is 7.83. The van der Waals surface area contributed by atoms with Gasteiger partial charge in [-0.25, -0.2) is 19.2 Å². The van der Waals surface area contributed by atoms with Crippen molar-refractivity contribution in [2.75, 3.05) is 18.5 Å². The number of nitrogens with one attached hydrogen (secondary N) is 4. The van der Waals surface area contributed by atoms with Gasteiger partial charge in [0, 0.05) is 19.1 Å². The number of anilines is 2. The summed E-state index contributed by atoms with van der Waals surface area (Å²) in [4.78, 5) is 40.8. The molecule has 0 spiro atoms. The first kappa shape index (κ1) is 26.8. The molecule has 4 N–H and O–H groups in total. The first-order valence-corrected chi connectivity index (χ1v) is 11.9. The second kappa shape index (κ2) is 10.8. The van der Waals surface area contributed by atoms with Gasteiger partial charge in [0.2, 0.25) is 5.91 Å². The zero-order valence-electron chi connectivity index (χ0n) is 20.5. The van der Waals surface area contributed by atoms with E-state index in [1.807, 2.05) is 0 Å². The Labute approximate surface area is 223 Å². The molecule has 5 rings (SSSR count). The molecule has 4 heterocycles. The standard InChI is InChI=1S/C25H21F4N7O4/c26-14-1-4-19(18(7-14)25(27,28)29)35-16-3-2-15(30-10-16)9-32-22(37)24(5-6-39-12-24)36-23(38)40-17-8-20-21(31-11-17)34-13-33-20/h1-4,7-8,10-11,13,35H,5-6,9,12H2,(H,32,37)(H,36,38)(H,31,33,34)/t24-/m0/s1. The van der Waals surface area contributed by atoms with E-state index in [9.17, 15) is 27.2 Å². The lowest BCUT2D eigenvalue weighted by Gasteiger charge is -2.26. The zero-order chi connectivity index (χ0) is 28.3. The van der Waals surface area contributed by atoms with Gasteiger partial charge in [-0.1, -0.05) is 0 Å². The molecule has 3 aromatic heterocycles. The number of aromatic nitrogens is 4. The van der Waals surface area contributed by atoms with Crippen molar-refractivity contribution >= 4 is 34.5 Å². The lowest BCUT2D eigenvalue weighted by Crippen LogP contribution is -2.59. The van der Waals surface area contributed by atoms with Crippen molar-refractivity contribution in [3.05, 3.63) is 72.2 Å². The van der Waals surface area contributed by atoms with E-state index in [0.717, 1.165) is 12.1 Å². The number of ether oxygens (including phenoxy) is 2. The van der Waals surface area contributed by atoms with Gasteiger partial charge >= 0.3 is 12.3 Å². The van der Waals surface area contributed by atoms with Crippen LogP contribution in [0, 0.1) is 5.82 Å². The summed E-state index contributed by atoms with van der Waals surface area (Å²) < 4.78 is 63.7. The molecule has 208 valence electrons. The lowest BCUT2D eigenvalue weighted by molar-refractivity contribution is -0.137. The Morgan fingerprint density at radius 2 is 1.95 bits per heavy atom. The molecule has 11 nitrogen and oxygen atoms in total. The highest BCUT2D eigenvalue weighted by Gasteiger charge is 2.44. The third-order valence-electron chi connectivity index (χ3n) is 6.08. The fourth-order valence-corrected chi connectivity index (χ4v) is 4.05. The highest BCUT2D eigenvalue weighted by atomic mass is 19.4. The number of rotatable bonds is 7. The number of halogens is 4. The molecule has 1 aliphatic rings. The van der Waals surface area contributed by atoms with Crippen LogP contribution in [0.15, 0.2) is 55.1 Å². The molecular weight excluding hydrogens is 538 g/mol. The van der Waals surface area contributed by atoms with E-state index < -0.39 is 35.1 Å².